The van der Waals surface area contributed by atoms with Crippen molar-refractivity contribution in [2.75, 3.05) is 17.7 Å². The fourth-order valence-electron chi connectivity index (χ4n) is 4.12. The monoisotopic (exact) mass is 394 g/mol. The minimum Gasteiger partial charge on any atom is -0.494 e. The van der Waals surface area contributed by atoms with Gasteiger partial charge in [-0.05, 0) is 63.3 Å². The summed E-state index contributed by atoms with van der Waals surface area (Å²) in [5.74, 6) is 1.82. The molecule has 0 amide bonds. The van der Waals surface area contributed by atoms with Gasteiger partial charge in [0.05, 0.1) is 24.2 Å². The van der Waals surface area contributed by atoms with Crippen LogP contribution in [0.2, 0.25) is 0 Å². The molecule has 1 aromatic carbocycles. The molecule has 0 aliphatic heterocycles. The van der Waals surface area contributed by atoms with E-state index in [0.717, 1.165) is 66.1 Å². The van der Waals surface area contributed by atoms with Gasteiger partial charge in [0.1, 0.15) is 11.6 Å². The van der Waals surface area contributed by atoms with Crippen LogP contribution in [0.25, 0.3) is 5.65 Å². The molecule has 5 N–H and O–H groups in total. The van der Waals surface area contributed by atoms with Crippen molar-refractivity contribution >= 4 is 22.8 Å². The highest BCUT2D eigenvalue weighted by atomic mass is 16.5. The molecule has 1 fully saturated rings. The van der Waals surface area contributed by atoms with Crippen molar-refractivity contribution in [3.05, 3.63) is 41.7 Å². The number of ether oxygens (including phenoxy) is 1. The Morgan fingerprint density at radius 3 is 2.52 bits per heavy atom. The third-order valence-electron chi connectivity index (χ3n) is 5.73. The topological polar surface area (TPSA) is 103 Å². The molecule has 1 aliphatic carbocycles. The van der Waals surface area contributed by atoms with E-state index in [1.54, 1.807) is 0 Å². The third kappa shape index (κ3) is 4.00. The summed E-state index contributed by atoms with van der Waals surface area (Å²) in [6.45, 7) is 4.71. The molecule has 0 radical (unpaired) electrons. The fraction of sp³-hybridized carbons (Fsp3) is 0.455. The molecule has 1 saturated carbocycles. The van der Waals surface area contributed by atoms with Crippen LogP contribution in [0.4, 0.5) is 17.2 Å². The number of hydrogen-bond donors (Lipinski definition) is 3. The first kappa shape index (κ1) is 19.5. The predicted molar refractivity (Wildman–Crippen MR) is 117 cm³/mol. The summed E-state index contributed by atoms with van der Waals surface area (Å²) in [5, 5.41) is 8.09. The number of fused-ring (bicyclic) bond motifs is 1. The maximum absolute atomic E-state index is 6.28. The Bertz CT molecular complexity index is 973. The first-order chi connectivity index (χ1) is 14.1. The highest BCUT2D eigenvalue weighted by Crippen LogP contribution is 2.35. The Hall–Kier alpha value is -2.80. The second-order valence-corrected chi connectivity index (χ2v) is 7.72. The van der Waals surface area contributed by atoms with E-state index in [1.807, 2.05) is 41.9 Å². The van der Waals surface area contributed by atoms with Crippen LogP contribution >= 0.6 is 0 Å². The van der Waals surface area contributed by atoms with E-state index in [2.05, 4.69) is 17.3 Å². The summed E-state index contributed by atoms with van der Waals surface area (Å²) < 4.78 is 7.35. The molecule has 0 saturated heterocycles. The maximum Gasteiger partial charge on any atom is 0.178 e. The second-order valence-electron chi connectivity index (χ2n) is 7.72. The largest absolute Gasteiger partial charge is 0.494 e. The standard InChI is InChI=1S/C22H30N6O/c1-3-18-20(25-16-9-11-17(12-10-16)29-4-2)22-26-19(13-28(22)27-21(18)24)14-5-7-15(23)8-6-14/h9-15,25H,3-8,23H2,1-2H3,(H2,24,27). The van der Waals surface area contributed by atoms with Crippen molar-refractivity contribution in [3.63, 3.8) is 0 Å². The maximum atomic E-state index is 6.28. The van der Waals surface area contributed by atoms with E-state index in [-0.39, 0.29) is 0 Å². The Morgan fingerprint density at radius 2 is 1.86 bits per heavy atom. The van der Waals surface area contributed by atoms with Gasteiger partial charge >= 0.3 is 0 Å². The van der Waals surface area contributed by atoms with Gasteiger partial charge in [0.2, 0.25) is 0 Å². The van der Waals surface area contributed by atoms with Gasteiger partial charge in [-0.1, -0.05) is 6.92 Å². The zero-order chi connectivity index (χ0) is 20.4. The number of nitrogens with one attached hydrogen (secondary N) is 1. The molecule has 29 heavy (non-hydrogen) atoms. The van der Waals surface area contributed by atoms with Crippen molar-refractivity contribution in [2.45, 2.75) is 57.9 Å². The van der Waals surface area contributed by atoms with Crippen LogP contribution in [0.3, 0.4) is 0 Å². The molecule has 2 aromatic heterocycles. The first-order valence-corrected chi connectivity index (χ1v) is 10.5. The van der Waals surface area contributed by atoms with E-state index in [1.165, 1.54) is 0 Å². The molecule has 7 nitrogen and oxygen atoms in total. The van der Waals surface area contributed by atoms with Gasteiger partial charge in [-0.25, -0.2) is 9.50 Å². The van der Waals surface area contributed by atoms with Crippen LogP contribution in [0, 0.1) is 0 Å². The minimum absolute atomic E-state index is 0.320. The molecule has 0 spiro atoms. The highest BCUT2D eigenvalue weighted by Gasteiger charge is 2.24. The quantitative estimate of drug-likeness (QED) is 0.584. The van der Waals surface area contributed by atoms with Crippen LogP contribution in [0.1, 0.15) is 56.7 Å². The predicted octanol–water partition coefficient (Wildman–Crippen LogP) is 4.00. The van der Waals surface area contributed by atoms with Crippen molar-refractivity contribution in [2.24, 2.45) is 5.73 Å². The van der Waals surface area contributed by atoms with E-state index in [0.29, 0.717) is 24.4 Å². The summed E-state index contributed by atoms with van der Waals surface area (Å²) in [4.78, 5) is 4.97. The summed E-state index contributed by atoms with van der Waals surface area (Å²) in [6, 6.07) is 8.25. The summed E-state index contributed by atoms with van der Waals surface area (Å²) in [7, 11) is 0. The van der Waals surface area contributed by atoms with Crippen molar-refractivity contribution in [1.29, 1.82) is 0 Å². The van der Waals surface area contributed by atoms with E-state index >= 15 is 0 Å². The van der Waals surface area contributed by atoms with Crippen molar-refractivity contribution in [3.8, 4) is 5.75 Å². The van der Waals surface area contributed by atoms with Gasteiger partial charge < -0.3 is 21.5 Å². The summed E-state index contributed by atoms with van der Waals surface area (Å²) in [5.41, 5.74) is 17.1. The second kappa shape index (κ2) is 8.29. The molecule has 0 unspecified atom stereocenters. The first-order valence-electron chi connectivity index (χ1n) is 10.5. The van der Waals surface area contributed by atoms with Crippen LogP contribution in [-0.4, -0.2) is 27.2 Å². The fourth-order valence-corrected chi connectivity index (χ4v) is 4.12. The summed E-state index contributed by atoms with van der Waals surface area (Å²) >= 11 is 0. The number of nitrogen functional groups attached to an aromatic ring is 1. The van der Waals surface area contributed by atoms with Crippen molar-refractivity contribution in [1.82, 2.24) is 14.6 Å². The SMILES string of the molecule is CCOc1ccc(Nc2c(CC)c(N)nn3cc(C4CCC(N)CC4)nc23)cc1. The van der Waals surface area contributed by atoms with Crippen LogP contribution in [0.5, 0.6) is 5.75 Å². The Labute approximate surface area is 171 Å². The number of anilines is 3. The highest BCUT2D eigenvalue weighted by molar-refractivity contribution is 5.80. The molecular formula is C22H30N6O. The smallest absolute Gasteiger partial charge is 0.178 e. The van der Waals surface area contributed by atoms with Gasteiger partial charge in [0.25, 0.3) is 0 Å². The molecule has 4 rings (SSSR count). The molecule has 3 aromatic rings. The number of nitrogens with zero attached hydrogens (tertiary/aromatic N) is 3. The Balaban J connectivity index is 1.70. The Kier molecular flexibility index (Phi) is 5.58. The molecule has 0 bridgehead atoms. The minimum atomic E-state index is 0.320. The molecule has 2 heterocycles. The van der Waals surface area contributed by atoms with Crippen LogP contribution < -0.4 is 21.5 Å². The van der Waals surface area contributed by atoms with Gasteiger partial charge in [-0.15, -0.1) is 5.10 Å². The zero-order valence-corrected chi connectivity index (χ0v) is 17.2. The Morgan fingerprint density at radius 1 is 1.14 bits per heavy atom. The molecule has 7 heteroatoms. The van der Waals surface area contributed by atoms with E-state index in [4.69, 9.17) is 21.2 Å². The molecule has 154 valence electrons. The summed E-state index contributed by atoms with van der Waals surface area (Å²) in [6.07, 6.45) is 7.04. The average molecular weight is 395 g/mol. The van der Waals surface area contributed by atoms with Gasteiger partial charge in [0.15, 0.2) is 5.65 Å². The number of imidazole rings is 1. The molecular weight excluding hydrogens is 364 g/mol. The van der Waals surface area contributed by atoms with E-state index < -0.39 is 0 Å². The number of nitrogens with two attached hydrogens (primary N) is 2. The van der Waals surface area contributed by atoms with Crippen LogP contribution in [-0.2, 0) is 6.42 Å². The lowest BCUT2D eigenvalue weighted by Gasteiger charge is -2.24. The third-order valence-corrected chi connectivity index (χ3v) is 5.73. The van der Waals surface area contributed by atoms with Crippen molar-refractivity contribution < 1.29 is 4.74 Å². The van der Waals surface area contributed by atoms with Gasteiger partial charge in [0, 0.05) is 23.2 Å². The van der Waals surface area contributed by atoms with Crippen LogP contribution in [0.15, 0.2) is 30.5 Å². The van der Waals surface area contributed by atoms with Gasteiger partial charge in [-0.3, -0.25) is 0 Å². The number of benzene rings is 1. The number of hydrogen-bond acceptors (Lipinski definition) is 6. The normalized spacial score (nSPS) is 19.4. The number of aromatic nitrogens is 3. The zero-order valence-electron chi connectivity index (χ0n) is 17.2. The van der Waals surface area contributed by atoms with Gasteiger partial charge in [-0.2, -0.15) is 0 Å². The average Bonchev–Trinajstić information content (AvgIpc) is 3.14. The molecule has 0 atom stereocenters. The van der Waals surface area contributed by atoms with E-state index in [9.17, 15) is 0 Å². The lowest BCUT2D eigenvalue weighted by atomic mass is 9.85. The number of rotatable bonds is 6. The lowest BCUT2D eigenvalue weighted by Crippen LogP contribution is -2.25. The molecule has 1 aliphatic rings. The lowest BCUT2D eigenvalue weighted by molar-refractivity contribution is 0.340.